The minimum absolute atomic E-state index is 0.0381. The van der Waals surface area contributed by atoms with Gasteiger partial charge in [0.2, 0.25) is 0 Å². The molecule has 1 aromatic heterocycles. The molecule has 47 heavy (non-hydrogen) atoms. The molecule has 0 spiro atoms. The van der Waals surface area contributed by atoms with E-state index in [0.717, 1.165) is 71.7 Å². The van der Waals surface area contributed by atoms with E-state index < -0.39 is 12.2 Å². The number of amides is 4. The van der Waals surface area contributed by atoms with Crippen LogP contribution in [-0.4, -0.2) is 101 Å². The predicted molar refractivity (Wildman–Crippen MR) is 180 cm³/mol. The Hall–Kier alpha value is -4.12. The maximum absolute atomic E-state index is 14.1. The Kier molecular flexibility index (Phi) is 9.33. The number of imidazole rings is 1. The van der Waals surface area contributed by atoms with Gasteiger partial charge in [0.15, 0.2) is 6.10 Å². The van der Waals surface area contributed by atoms with Crippen molar-refractivity contribution in [3.8, 4) is 0 Å². The number of likely N-dealkylation sites (tertiary alicyclic amines) is 2. The lowest BCUT2D eigenvalue weighted by Crippen LogP contribution is -2.52. The molecule has 250 valence electrons. The molecule has 4 aliphatic rings. The molecule has 0 saturated carbocycles. The van der Waals surface area contributed by atoms with E-state index in [1.54, 1.807) is 11.2 Å². The zero-order valence-corrected chi connectivity index (χ0v) is 27.4. The number of benzene rings is 2. The molecule has 2 aromatic carbocycles. The number of anilines is 1. The Balaban J connectivity index is 1.00. The molecule has 3 N–H and O–H groups in total. The number of rotatable bonds is 6. The number of aryl methyl sites for hydroxylation is 1. The van der Waals surface area contributed by atoms with E-state index in [9.17, 15) is 14.4 Å². The summed E-state index contributed by atoms with van der Waals surface area (Å²) in [7, 11) is 0. The molecule has 0 bridgehead atoms. The minimum atomic E-state index is -0.912. The summed E-state index contributed by atoms with van der Waals surface area (Å²) in [4.78, 5) is 53.9. The van der Waals surface area contributed by atoms with Gasteiger partial charge in [-0.25, -0.2) is 14.6 Å². The van der Waals surface area contributed by atoms with Crippen LogP contribution in [-0.2, 0) is 22.4 Å². The second kappa shape index (κ2) is 13.9. The molecule has 0 radical (unpaired) electrons. The fourth-order valence-electron chi connectivity index (χ4n) is 8.22. The fourth-order valence-corrected chi connectivity index (χ4v) is 8.22. The van der Waals surface area contributed by atoms with Crippen LogP contribution in [0.4, 0.5) is 15.3 Å². The van der Waals surface area contributed by atoms with Crippen molar-refractivity contribution in [2.45, 2.75) is 70.4 Å². The van der Waals surface area contributed by atoms with Crippen LogP contribution in [0.25, 0.3) is 11.0 Å². The van der Waals surface area contributed by atoms with Gasteiger partial charge in [0, 0.05) is 50.9 Å². The molecular weight excluding hydrogens is 594 g/mol. The number of aromatic nitrogens is 2. The second-order valence-corrected chi connectivity index (χ2v) is 13.8. The Labute approximate surface area is 276 Å². The number of fused-ring (bicyclic) bond motifs is 2. The van der Waals surface area contributed by atoms with Crippen molar-refractivity contribution in [1.82, 2.24) is 30.0 Å². The van der Waals surface area contributed by atoms with E-state index in [4.69, 9.17) is 4.74 Å². The number of carbonyl (C=O) groups is 3. The Morgan fingerprint density at radius 3 is 2.45 bits per heavy atom. The van der Waals surface area contributed by atoms with Crippen molar-refractivity contribution in [2.24, 2.45) is 11.8 Å². The number of ether oxygens (including phenoxy) is 1. The number of nitrogens with zero attached hydrogens (tertiary/aromatic N) is 4. The molecule has 11 nitrogen and oxygen atoms in total. The Morgan fingerprint density at radius 1 is 0.936 bits per heavy atom. The third-order valence-electron chi connectivity index (χ3n) is 10.9. The number of hydrogen-bond acceptors (Lipinski definition) is 6. The van der Waals surface area contributed by atoms with Crippen LogP contribution >= 0.6 is 0 Å². The van der Waals surface area contributed by atoms with Gasteiger partial charge in [-0.3, -0.25) is 4.79 Å². The van der Waals surface area contributed by atoms with Crippen molar-refractivity contribution in [3.05, 3.63) is 59.4 Å². The normalized spacial score (nSPS) is 20.9. The molecule has 3 saturated heterocycles. The van der Waals surface area contributed by atoms with Crippen molar-refractivity contribution in [2.75, 3.05) is 51.1 Å². The number of hydrogen-bond donors (Lipinski definition) is 3. The Bertz CT molecular complexity index is 1580. The van der Waals surface area contributed by atoms with Crippen LogP contribution < -0.4 is 10.6 Å². The molecule has 11 heteroatoms. The average Bonchev–Trinajstić information content (AvgIpc) is 3.52. The number of carbonyl (C=O) groups excluding carboxylic acids is 3. The summed E-state index contributed by atoms with van der Waals surface area (Å²) in [5, 5.41) is 6.52. The molecule has 0 unspecified atom stereocenters. The summed E-state index contributed by atoms with van der Waals surface area (Å²) in [6, 6.07) is 11.9. The SMILES string of the molecule is Cc1cc(C[C@@H](OC(=O)N2CCC(N3CCc4ccccc4NC3=O)CC2)C(=O)N2CCC(C3CCNCC3)CC2)cc2[nH]cnc12. The number of para-hydroxylation sites is 1. The summed E-state index contributed by atoms with van der Waals surface area (Å²) in [5.41, 5.74) is 5.76. The van der Waals surface area contributed by atoms with Crippen LogP contribution in [0.3, 0.4) is 0 Å². The molecule has 3 aromatic rings. The largest absolute Gasteiger partial charge is 0.436 e. The fraction of sp³-hybridized carbons (Fsp3) is 0.556. The van der Waals surface area contributed by atoms with Crippen molar-refractivity contribution < 1.29 is 19.1 Å². The first-order valence-electron chi connectivity index (χ1n) is 17.5. The molecule has 0 aliphatic carbocycles. The molecule has 5 heterocycles. The van der Waals surface area contributed by atoms with Crippen LogP contribution in [0.1, 0.15) is 55.2 Å². The van der Waals surface area contributed by atoms with E-state index in [1.807, 2.05) is 47.1 Å². The lowest BCUT2D eigenvalue weighted by atomic mass is 9.79. The molecule has 4 amide bonds. The van der Waals surface area contributed by atoms with Gasteiger partial charge in [-0.2, -0.15) is 0 Å². The molecular formula is C36H47N7O4. The molecule has 4 aliphatic heterocycles. The highest BCUT2D eigenvalue weighted by Gasteiger charge is 2.36. The van der Waals surface area contributed by atoms with E-state index in [2.05, 4.69) is 26.7 Å². The van der Waals surface area contributed by atoms with Crippen LogP contribution in [0.15, 0.2) is 42.7 Å². The molecule has 3 fully saturated rings. The molecule has 7 rings (SSSR count). The third kappa shape index (κ3) is 6.95. The predicted octanol–water partition coefficient (Wildman–Crippen LogP) is 4.71. The van der Waals surface area contributed by atoms with Gasteiger partial charge in [0.1, 0.15) is 0 Å². The van der Waals surface area contributed by atoms with E-state index in [1.165, 1.54) is 12.8 Å². The van der Waals surface area contributed by atoms with Crippen LogP contribution in [0.5, 0.6) is 0 Å². The zero-order valence-electron chi connectivity index (χ0n) is 27.4. The first-order valence-corrected chi connectivity index (χ1v) is 17.5. The van der Waals surface area contributed by atoms with Crippen molar-refractivity contribution in [1.29, 1.82) is 0 Å². The number of H-pyrrole nitrogens is 1. The smallest absolute Gasteiger partial charge is 0.410 e. The van der Waals surface area contributed by atoms with Crippen molar-refractivity contribution >= 4 is 34.8 Å². The second-order valence-electron chi connectivity index (χ2n) is 13.8. The number of aromatic amines is 1. The first kappa shape index (κ1) is 31.5. The van der Waals surface area contributed by atoms with Gasteiger partial charge in [-0.15, -0.1) is 0 Å². The van der Waals surface area contributed by atoms with E-state index in [0.29, 0.717) is 57.9 Å². The van der Waals surface area contributed by atoms with Crippen LogP contribution in [0, 0.1) is 18.8 Å². The highest BCUT2D eigenvalue weighted by molar-refractivity contribution is 5.91. The topological polar surface area (TPSA) is 123 Å². The Morgan fingerprint density at radius 2 is 1.66 bits per heavy atom. The third-order valence-corrected chi connectivity index (χ3v) is 10.9. The van der Waals surface area contributed by atoms with Gasteiger partial charge in [-0.05, 0) is 106 Å². The van der Waals surface area contributed by atoms with Gasteiger partial charge in [0.05, 0.1) is 17.4 Å². The highest BCUT2D eigenvalue weighted by Crippen LogP contribution is 2.32. The zero-order chi connectivity index (χ0) is 32.3. The summed E-state index contributed by atoms with van der Waals surface area (Å²) >= 11 is 0. The quantitative estimate of drug-likeness (QED) is 0.358. The number of nitrogens with one attached hydrogen (secondary N) is 3. The first-order chi connectivity index (χ1) is 22.9. The summed E-state index contributed by atoms with van der Waals surface area (Å²) in [6.45, 7) is 7.17. The monoisotopic (exact) mass is 641 g/mol. The summed E-state index contributed by atoms with van der Waals surface area (Å²) in [6.07, 6.45) is 7.14. The van der Waals surface area contributed by atoms with Crippen LogP contribution in [0.2, 0.25) is 0 Å². The van der Waals surface area contributed by atoms with Gasteiger partial charge >= 0.3 is 12.1 Å². The van der Waals surface area contributed by atoms with Gasteiger partial charge in [0.25, 0.3) is 5.91 Å². The lowest BCUT2D eigenvalue weighted by molar-refractivity contribution is -0.142. The van der Waals surface area contributed by atoms with E-state index in [-0.39, 0.29) is 18.0 Å². The van der Waals surface area contributed by atoms with Gasteiger partial charge in [-0.1, -0.05) is 24.3 Å². The maximum atomic E-state index is 14.1. The molecule has 1 atom stereocenters. The lowest BCUT2D eigenvalue weighted by Gasteiger charge is -2.39. The van der Waals surface area contributed by atoms with Crippen molar-refractivity contribution in [3.63, 3.8) is 0 Å². The summed E-state index contributed by atoms with van der Waals surface area (Å²) < 4.78 is 6.12. The number of urea groups is 1. The highest BCUT2D eigenvalue weighted by atomic mass is 16.6. The minimum Gasteiger partial charge on any atom is -0.436 e. The maximum Gasteiger partial charge on any atom is 0.410 e. The van der Waals surface area contributed by atoms with Gasteiger partial charge < -0.3 is 35.1 Å². The summed E-state index contributed by atoms with van der Waals surface area (Å²) in [5.74, 6) is 1.26. The standard InChI is InChI=1S/C36H47N7O4/c1-24-20-25(21-31-33(24)39-23-38-31)22-32(34(44)41-15-8-27(9-16-41)26-6-13-37-14-7-26)47-36(46)42-17-11-29(12-18-42)43-19-10-28-4-2-3-5-30(28)40-35(43)45/h2-5,20-21,23,26-27,29,32,37H,6-19,22H2,1H3,(H,38,39)(H,40,45)/t32-/m1/s1. The average molecular weight is 642 g/mol. The van der Waals surface area contributed by atoms with E-state index >= 15 is 0 Å². The number of piperidine rings is 3.